The molecule has 0 radical (unpaired) electrons. The van der Waals surface area contributed by atoms with Crippen molar-refractivity contribution in [2.45, 2.75) is 123 Å². The van der Waals surface area contributed by atoms with Gasteiger partial charge in [0.2, 0.25) is 0 Å². The molecule has 1 amide bonds. The van der Waals surface area contributed by atoms with Gasteiger partial charge < -0.3 is 18.8 Å². The predicted molar refractivity (Wildman–Crippen MR) is 156 cm³/mol. The summed E-state index contributed by atoms with van der Waals surface area (Å²) in [7, 11) is -0.418. The van der Waals surface area contributed by atoms with Crippen LogP contribution in [0.5, 0.6) is 0 Å². The van der Waals surface area contributed by atoms with Crippen LogP contribution in [0.25, 0.3) is 6.08 Å². The van der Waals surface area contributed by atoms with E-state index in [9.17, 15) is 9.59 Å². The molecule has 0 spiro atoms. The second-order valence-electron chi connectivity index (χ2n) is 13.3. The fourth-order valence-electron chi connectivity index (χ4n) is 4.74. The minimum atomic E-state index is -0.712. The predicted octanol–water partition coefficient (Wildman–Crippen LogP) is 6.14. The number of esters is 1. The van der Waals surface area contributed by atoms with Crippen molar-refractivity contribution >= 4 is 30.7 Å². The highest BCUT2D eigenvalue weighted by Crippen LogP contribution is 2.36. The van der Waals surface area contributed by atoms with Crippen LogP contribution in [0.3, 0.4) is 0 Å². The van der Waals surface area contributed by atoms with Crippen molar-refractivity contribution in [3.63, 3.8) is 0 Å². The van der Waals surface area contributed by atoms with Gasteiger partial charge in [-0.15, -0.1) is 0 Å². The van der Waals surface area contributed by atoms with Gasteiger partial charge in [0.15, 0.2) is 0 Å². The number of carbonyl (C=O) groups is 2. The van der Waals surface area contributed by atoms with Crippen LogP contribution in [0, 0.1) is 5.92 Å². The summed E-state index contributed by atoms with van der Waals surface area (Å²) in [4.78, 5) is 28.1. The largest absolute Gasteiger partial charge is 0.494 e. The molecule has 1 aromatic rings. The number of nitrogens with zero attached hydrogens (tertiary/aromatic N) is 1. The van der Waals surface area contributed by atoms with Gasteiger partial charge in [-0.1, -0.05) is 50.3 Å². The Kier molecular flexibility index (Phi) is 9.98. The van der Waals surface area contributed by atoms with Gasteiger partial charge in [0, 0.05) is 6.54 Å². The van der Waals surface area contributed by atoms with E-state index in [-0.39, 0.29) is 24.5 Å². The maximum atomic E-state index is 13.3. The van der Waals surface area contributed by atoms with Crippen LogP contribution in [-0.4, -0.2) is 59.6 Å². The van der Waals surface area contributed by atoms with Crippen LogP contribution < -0.4 is 5.46 Å². The highest BCUT2D eigenvalue weighted by Gasteiger charge is 2.51. The number of ether oxygens (including phenoxy) is 2. The molecule has 2 aliphatic rings. The number of carbonyl (C=O) groups excluding carboxylic acids is 2. The highest BCUT2D eigenvalue weighted by molar-refractivity contribution is 6.62. The van der Waals surface area contributed by atoms with Gasteiger partial charge in [-0.05, 0) is 97.5 Å². The highest BCUT2D eigenvalue weighted by atomic mass is 16.7. The van der Waals surface area contributed by atoms with E-state index in [4.69, 9.17) is 18.8 Å². The monoisotopic (exact) mass is 541 g/mol. The van der Waals surface area contributed by atoms with E-state index in [1.807, 2.05) is 98.7 Å². The number of hydrogen-bond acceptors (Lipinski definition) is 6. The Morgan fingerprint density at radius 1 is 1.05 bits per heavy atom. The lowest BCUT2D eigenvalue weighted by atomic mass is 9.79. The summed E-state index contributed by atoms with van der Waals surface area (Å²) in [5.41, 5.74) is 0.445. The molecule has 7 nitrogen and oxygen atoms in total. The lowest BCUT2D eigenvalue weighted by Gasteiger charge is -2.33. The van der Waals surface area contributed by atoms with Crippen LogP contribution >= 0.6 is 0 Å². The average Bonchev–Trinajstić information content (AvgIpc) is 3.39. The minimum Gasteiger partial charge on any atom is -0.461 e. The summed E-state index contributed by atoms with van der Waals surface area (Å²) < 4.78 is 23.9. The van der Waals surface area contributed by atoms with Crippen molar-refractivity contribution in [1.29, 1.82) is 0 Å². The summed E-state index contributed by atoms with van der Waals surface area (Å²) in [6.07, 6.45) is 7.66. The van der Waals surface area contributed by atoms with E-state index in [2.05, 4.69) is 0 Å². The van der Waals surface area contributed by atoms with Crippen LogP contribution in [0.4, 0.5) is 4.79 Å². The van der Waals surface area contributed by atoms with Crippen LogP contribution in [0.15, 0.2) is 30.3 Å². The van der Waals surface area contributed by atoms with E-state index in [1.54, 1.807) is 0 Å². The molecule has 3 rings (SSSR count). The lowest BCUT2D eigenvalue weighted by molar-refractivity contribution is -0.155. The lowest BCUT2D eigenvalue weighted by Crippen LogP contribution is -2.49. The molecule has 0 aromatic heterocycles. The molecule has 0 unspecified atom stereocenters. The summed E-state index contributed by atoms with van der Waals surface area (Å²) in [6, 6.07) is 7.27. The van der Waals surface area contributed by atoms with Crippen molar-refractivity contribution in [2.75, 3.05) is 6.54 Å². The maximum Gasteiger partial charge on any atom is 0.494 e. The van der Waals surface area contributed by atoms with Gasteiger partial charge in [0.25, 0.3) is 0 Å². The van der Waals surface area contributed by atoms with Gasteiger partial charge >= 0.3 is 19.2 Å². The first-order valence-corrected chi connectivity index (χ1v) is 14.4. The average molecular weight is 542 g/mol. The Hall–Kier alpha value is -2.32. The molecule has 2 fully saturated rings. The standard InChI is InChI=1S/C31H48BNO6/c1-22(2)21-26(27(34)36-25-14-10-11-15-25)33(28(35)37-29(3,4)5)20-12-13-23-16-18-24(19-17-23)32-38-30(6,7)31(8,9)39-32/h12-13,16-19,22,25-26H,10-11,14-15,20-21H2,1-9H3/t26-/m0/s1. The molecular formula is C31H48BNO6. The SMILES string of the molecule is CC(C)C[C@@H](C(=O)OC1CCCC1)N(CC=Cc1ccc(B2OC(C)(C)C(C)(C)O2)cc1)C(=O)OC(C)(C)C. The molecule has 1 aliphatic carbocycles. The van der Waals surface area contributed by atoms with Crippen molar-refractivity contribution in [3.05, 3.63) is 35.9 Å². The Morgan fingerprint density at radius 3 is 2.13 bits per heavy atom. The normalized spacial score (nSPS) is 20.0. The van der Waals surface area contributed by atoms with Crippen molar-refractivity contribution in [1.82, 2.24) is 4.90 Å². The first kappa shape index (κ1) is 31.2. The van der Waals surface area contributed by atoms with Gasteiger partial charge in [-0.3, -0.25) is 4.90 Å². The Morgan fingerprint density at radius 2 is 1.62 bits per heavy atom. The zero-order valence-electron chi connectivity index (χ0n) is 25.4. The molecule has 0 N–H and O–H groups in total. The molecule has 1 heterocycles. The van der Waals surface area contributed by atoms with E-state index in [0.29, 0.717) is 6.42 Å². The van der Waals surface area contributed by atoms with Crippen LogP contribution in [0.2, 0.25) is 0 Å². The summed E-state index contributed by atoms with van der Waals surface area (Å²) in [6.45, 7) is 17.9. The Bertz CT molecular complexity index is 989. The second kappa shape index (κ2) is 12.5. The van der Waals surface area contributed by atoms with Gasteiger partial charge in [-0.25, -0.2) is 9.59 Å². The van der Waals surface area contributed by atoms with E-state index < -0.39 is 36.1 Å². The molecule has 1 aliphatic heterocycles. The number of rotatable bonds is 9. The third-order valence-electron chi connectivity index (χ3n) is 7.63. The minimum absolute atomic E-state index is 0.0642. The molecule has 1 saturated carbocycles. The van der Waals surface area contributed by atoms with Gasteiger partial charge in [0.05, 0.1) is 11.2 Å². The molecule has 1 aromatic carbocycles. The molecule has 216 valence electrons. The molecular weight excluding hydrogens is 493 g/mol. The fraction of sp³-hybridized carbons (Fsp3) is 0.677. The van der Waals surface area contributed by atoms with Crippen molar-refractivity contribution < 1.29 is 28.4 Å². The number of benzene rings is 1. The second-order valence-corrected chi connectivity index (χ2v) is 13.3. The van der Waals surface area contributed by atoms with Crippen LogP contribution in [0.1, 0.15) is 100.0 Å². The van der Waals surface area contributed by atoms with E-state index in [1.165, 1.54) is 4.90 Å². The molecule has 0 bridgehead atoms. The van der Waals surface area contributed by atoms with Crippen molar-refractivity contribution in [3.8, 4) is 0 Å². The number of amides is 1. The topological polar surface area (TPSA) is 74.3 Å². The van der Waals surface area contributed by atoms with Gasteiger partial charge in [0.1, 0.15) is 17.7 Å². The Balaban J connectivity index is 1.75. The van der Waals surface area contributed by atoms with Gasteiger partial charge in [-0.2, -0.15) is 0 Å². The zero-order valence-corrected chi connectivity index (χ0v) is 25.4. The van der Waals surface area contributed by atoms with Crippen LogP contribution in [-0.2, 0) is 23.6 Å². The molecule has 39 heavy (non-hydrogen) atoms. The third-order valence-corrected chi connectivity index (χ3v) is 7.63. The summed E-state index contributed by atoms with van der Waals surface area (Å²) in [5.74, 6) is -0.149. The molecule has 8 heteroatoms. The summed E-state index contributed by atoms with van der Waals surface area (Å²) >= 11 is 0. The zero-order chi connectivity index (χ0) is 29.0. The quantitative estimate of drug-likeness (QED) is 0.276. The Labute approximate surface area is 235 Å². The maximum absolute atomic E-state index is 13.3. The third kappa shape index (κ3) is 8.58. The fourth-order valence-corrected chi connectivity index (χ4v) is 4.74. The first-order chi connectivity index (χ1) is 18.1. The van der Waals surface area contributed by atoms with E-state index >= 15 is 0 Å². The van der Waals surface area contributed by atoms with Crippen molar-refractivity contribution in [2.24, 2.45) is 5.92 Å². The first-order valence-electron chi connectivity index (χ1n) is 14.4. The molecule has 1 saturated heterocycles. The molecule has 1 atom stereocenters. The summed E-state index contributed by atoms with van der Waals surface area (Å²) in [5, 5.41) is 0. The smallest absolute Gasteiger partial charge is 0.461 e. The number of hydrogen-bond donors (Lipinski definition) is 0. The van der Waals surface area contributed by atoms with E-state index in [0.717, 1.165) is 36.7 Å².